The molecule has 6 nitrogen and oxygen atoms in total. The lowest BCUT2D eigenvalue weighted by molar-refractivity contribution is -0.120. The minimum atomic E-state index is -0.175. The van der Waals surface area contributed by atoms with E-state index in [1.54, 1.807) is 24.3 Å². The molecule has 24 heavy (non-hydrogen) atoms. The number of thiazole rings is 1. The fourth-order valence-electron chi connectivity index (χ4n) is 3.32. The van der Waals surface area contributed by atoms with Gasteiger partial charge in [-0.2, -0.15) is 0 Å². The van der Waals surface area contributed by atoms with Crippen molar-refractivity contribution in [2.75, 3.05) is 16.8 Å². The van der Waals surface area contributed by atoms with Crippen LogP contribution in [0.3, 0.4) is 0 Å². The number of carbonyl (C=O) groups excluding carboxylic acids is 1. The van der Waals surface area contributed by atoms with Gasteiger partial charge in [0.2, 0.25) is 5.91 Å². The number of amides is 1. The standard InChI is InChI=1S/C17H23N5OS/c1-5-11(6-2)22-12(7-3)17(23)21(4)13-10-19-14(20-15(13)22)16-18-8-9-24-16/h8-12H,5-7H2,1-4H3/t12-/m1/s1. The number of nitrogens with zero attached hydrogens (tertiary/aromatic N) is 5. The van der Waals surface area contributed by atoms with Gasteiger partial charge in [0, 0.05) is 24.7 Å². The average Bonchev–Trinajstić information content (AvgIpc) is 3.14. The molecule has 0 aromatic carbocycles. The number of fused-ring (bicyclic) bond motifs is 1. The zero-order valence-corrected chi connectivity index (χ0v) is 15.4. The number of aromatic nitrogens is 3. The molecule has 0 unspecified atom stereocenters. The van der Waals surface area contributed by atoms with Crippen molar-refractivity contribution >= 4 is 28.7 Å². The minimum absolute atomic E-state index is 0.113. The van der Waals surface area contributed by atoms with Gasteiger partial charge < -0.3 is 9.80 Å². The first-order valence-corrected chi connectivity index (χ1v) is 9.33. The summed E-state index contributed by atoms with van der Waals surface area (Å²) in [6.45, 7) is 6.37. The third-order valence-corrected chi connectivity index (χ3v) is 5.42. The van der Waals surface area contributed by atoms with E-state index in [0.717, 1.165) is 35.8 Å². The number of hydrogen-bond donors (Lipinski definition) is 0. The number of anilines is 2. The highest BCUT2D eigenvalue weighted by Gasteiger charge is 2.39. The number of hydrogen-bond acceptors (Lipinski definition) is 6. The van der Waals surface area contributed by atoms with Gasteiger partial charge in [0.15, 0.2) is 16.6 Å². The van der Waals surface area contributed by atoms with Gasteiger partial charge >= 0.3 is 0 Å². The Morgan fingerprint density at radius 1 is 1.25 bits per heavy atom. The number of rotatable bonds is 5. The van der Waals surface area contributed by atoms with Crippen LogP contribution in [0.2, 0.25) is 0 Å². The van der Waals surface area contributed by atoms with Crippen molar-refractivity contribution in [2.45, 2.75) is 52.1 Å². The highest BCUT2D eigenvalue weighted by atomic mass is 32.1. The summed E-state index contributed by atoms with van der Waals surface area (Å²) >= 11 is 1.52. The normalized spacial score (nSPS) is 17.5. The van der Waals surface area contributed by atoms with E-state index in [1.165, 1.54) is 11.3 Å². The van der Waals surface area contributed by atoms with Crippen LogP contribution in [0.25, 0.3) is 10.8 Å². The van der Waals surface area contributed by atoms with Gasteiger partial charge in [0.1, 0.15) is 11.7 Å². The first-order valence-electron chi connectivity index (χ1n) is 8.45. The molecule has 1 aliphatic rings. The van der Waals surface area contributed by atoms with E-state index in [2.05, 4.69) is 35.6 Å². The minimum Gasteiger partial charge on any atom is -0.340 e. The van der Waals surface area contributed by atoms with Crippen LogP contribution in [0.1, 0.15) is 40.0 Å². The Morgan fingerprint density at radius 3 is 2.58 bits per heavy atom. The molecule has 0 saturated heterocycles. The summed E-state index contributed by atoms with van der Waals surface area (Å²) in [5, 5.41) is 2.72. The molecule has 0 saturated carbocycles. The lowest BCUT2D eigenvalue weighted by Gasteiger charge is -2.44. The van der Waals surface area contributed by atoms with Gasteiger partial charge in [-0.3, -0.25) is 4.79 Å². The predicted molar refractivity (Wildman–Crippen MR) is 97.5 cm³/mol. The third kappa shape index (κ3) is 2.66. The first kappa shape index (κ1) is 16.8. The van der Waals surface area contributed by atoms with Crippen LogP contribution in [-0.4, -0.2) is 40.0 Å². The average molecular weight is 345 g/mol. The van der Waals surface area contributed by atoms with Crippen LogP contribution in [-0.2, 0) is 4.79 Å². The second-order valence-corrected chi connectivity index (χ2v) is 6.83. The second kappa shape index (κ2) is 6.84. The van der Waals surface area contributed by atoms with Crippen molar-refractivity contribution in [3.63, 3.8) is 0 Å². The van der Waals surface area contributed by atoms with Crippen LogP contribution >= 0.6 is 11.3 Å². The quantitative estimate of drug-likeness (QED) is 0.831. The van der Waals surface area contributed by atoms with Gasteiger partial charge in [-0.15, -0.1) is 11.3 Å². The van der Waals surface area contributed by atoms with Crippen LogP contribution in [0.4, 0.5) is 11.5 Å². The van der Waals surface area contributed by atoms with E-state index in [4.69, 9.17) is 4.98 Å². The maximum atomic E-state index is 12.8. The van der Waals surface area contributed by atoms with Crippen LogP contribution in [0.15, 0.2) is 17.8 Å². The van der Waals surface area contributed by atoms with Gasteiger partial charge in [-0.05, 0) is 19.3 Å². The Balaban J connectivity index is 2.16. The van der Waals surface area contributed by atoms with Gasteiger partial charge in [0.05, 0.1) is 6.20 Å². The van der Waals surface area contributed by atoms with Crippen LogP contribution < -0.4 is 9.80 Å². The van der Waals surface area contributed by atoms with E-state index in [0.29, 0.717) is 5.82 Å². The number of likely N-dealkylation sites (N-methyl/N-ethyl adjacent to an activating group) is 1. The fourth-order valence-corrected chi connectivity index (χ4v) is 3.90. The van der Waals surface area contributed by atoms with Crippen molar-refractivity contribution in [1.82, 2.24) is 15.0 Å². The number of carbonyl (C=O) groups is 1. The second-order valence-electron chi connectivity index (χ2n) is 5.94. The maximum absolute atomic E-state index is 12.8. The van der Waals surface area contributed by atoms with E-state index < -0.39 is 0 Å². The van der Waals surface area contributed by atoms with Crippen molar-refractivity contribution in [3.8, 4) is 10.8 Å². The molecule has 7 heteroatoms. The molecule has 0 spiro atoms. The Bertz CT molecular complexity index is 714. The predicted octanol–water partition coefficient (Wildman–Crippen LogP) is 3.35. The molecule has 128 valence electrons. The molecule has 0 radical (unpaired) electrons. The molecule has 1 aliphatic heterocycles. The summed E-state index contributed by atoms with van der Waals surface area (Å²) in [6, 6.07) is 0.108. The van der Waals surface area contributed by atoms with Crippen molar-refractivity contribution < 1.29 is 4.79 Å². The van der Waals surface area contributed by atoms with Gasteiger partial charge in [-0.1, -0.05) is 20.8 Å². The summed E-state index contributed by atoms with van der Waals surface area (Å²) in [4.78, 5) is 30.2. The molecule has 2 aromatic rings. The highest BCUT2D eigenvalue weighted by molar-refractivity contribution is 7.13. The molecule has 2 aromatic heterocycles. The largest absolute Gasteiger partial charge is 0.340 e. The molecule has 3 rings (SSSR count). The molecule has 0 aliphatic carbocycles. The van der Waals surface area contributed by atoms with Crippen LogP contribution in [0.5, 0.6) is 0 Å². The van der Waals surface area contributed by atoms with E-state index in [-0.39, 0.29) is 18.0 Å². The van der Waals surface area contributed by atoms with Crippen molar-refractivity contribution in [1.29, 1.82) is 0 Å². The molecule has 0 fully saturated rings. The summed E-state index contributed by atoms with van der Waals surface area (Å²) in [5.41, 5.74) is 0.775. The van der Waals surface area contributed by atoms with Gasteiger partial charge in [0.25, 0.3) is 0 Å². The molecule has 0 N–H and O–H groups in total. The Labute approximate surface area is 146 Å². The monoisotopic (exact) mass is 345 g/mol. The lowest BCUT2D eigenvalue weighted by Crippen LogP contribution is -2.56. The van der Waals surface area contributed by atoms with E-state index in [1.807, 2.05) is 5.38 Å². The Kier molecular flexibility index (Phi) is 4.80. The van der Waals surface area contributed by atoms with Crippen LogP contribution in [0, 0.1) is 0 Å². The highest BCUT2D eigenvalue weighted by Crippen LogP contribution is 2.38. The van der Waals surface area contributed by atoms with Crippen molar-refractivity contribution in [2.24, 2.45) is 0 Å². The Hall–Kier alpha value is -2.02. The molecule has 1 atom stereocenters. The third-order valence-electron chi connectivity index (χ3n) is 4.65. The molecule has 1 amide bonds. The van der Waals surface area contributed by atoms with Crippen molar-refractivity contribution in [3.05, 3.63) is 17.8 Å². The zero-order valence-electron chi connectivity index (χ0n) is 14.6. The molecule has 0 bridgehead atoms. The molecule has 3 heterocycles. The lowest BCUT2D eigenvalue weighted by atomic mass is 10.0. The Morgan fingerprint density at radius 2 is 2.00 bits per heavy atom. The topological polar surface area (TPSA) is 62.2 Å². The van der Waals surface area contributed by atoms with Gasteiger partial charge in [-0.25, -0.2) is 15.0 Å². The maximum Gasteiger partial charge on any atom is 0.249 e. The molecular formula is C17H23N5OS. The van der Waals surface area contributed by atoms with E-state index in [9.17, 15) is 4.79 Å². The summed E-state index contributed by atoms with van der Waals surface area (Å²) < 4.78 is 0. The van der Waals surface area contributed by atoms with E-state index >= 15 is 0 Å². The smallest absolute Gasteiger partial charge is 0.249 e. The first-order chi connectivity index (χ1) is 11.6. The zero-order chi connectivity index (χ0) is 17.3. The summed E-state index contributed by atoms with van der Waals surface area (Å²) in [6.07, 6.45) is 6.21. The summed E-state index contributed by atoms with van der Waals surface area (Å²) in [5.74, 6) is 1.58. The summed E-state index contributed by atoms with van der Waals surface area (Å²) in [7, 11) is 1.81. The molecular weight excluding hydrogens is 322 g/mol. The SMILES string of the molecule is CCC(CC)N1c2nc(-c3nccs3)ncc2N(C)C(=O)[C@H]1CC. The fraction of sp³-hybridized carbons (Fsp3) is 0.529.